The number of aliphatic carboxylic acids is 1. The highest BCUT2D eigenvalue weighted by Gasteiger charge is 2.24. The lowest BCUT2D eigenvalue weighted by atomic mass is 10.0. The smallest absolute Gasteiger partial charge is 0.106 e. The minimum Gasteiger partial charge on any atom is -0.550 e. The predicted molar refractivity (Wildman–Crippen MR) is 75.3 cm³/mol. The molecule has 0 saturated heterocycles. The number of allylic oxidation sites excluding steroid dienone is 1. The summed E-state index contributed by atoms with van der Waals surface area (Å²) in [4.78, 5) is 10.9. The van der Waals surface area contributed by atoms with Crippen molar-refractivity contribution in [2.75, 3.05) is 27.2 Å². The van der Waals surface area contributed by atoms with E-state index in [4.69, 9.17) is 0 Å². The molecule has 0 saturated carbocycles. The van der Waals surface area contributed by atoms with Crippen LogP contribution in [0.1, 0.15) is 39.5 Å². The molecule has 0 bridgehead atoms. The number of nitrogens with zero attached hydrogens (tertiary/aromatic N) is 1. The highest BCUT2D eigenvalue weighted by molar-refractivity contribution is 5.67. The van der Waals surface area contributed by atoms with Gasteiger partial charge < -0.3 is 19.5 Å². The summed E-state index contributed by atoms with van der Waals surface area (Å²) in [7, 11) is 3.90. The Balaban J connectivity index is 4.22. The third kappa shape index (κ3) is 8.78. The monoisotopic (exact) mass is 271 g/mol. The fourth-order valence-corrected chi connectivity index (χ4v) is 2.22. The number of quaternary nitrogens is 1. The molecular formula is C15H29NO3. The van der Waals surface area contributed by atoms with Crippen LogP contribution in [0, 0.1) is 5.92 Å². The van der Waals surface area contributed by atoms with E-state index in [9.17, 15) is 15.0 Å². The third-order valence-corrected chi connectivity index (χ3v) is 3.28. The Morgan fingerprint density at radius 1 is 1.26 bits per heavy atom. The van der Waals surface area contributed by atoms with E-state index in [2.05, 4.69) is 13.0 Å². The van der Waals surface area contributed by atoms with Crippen molar-refractivity contribution < 1.29 is 19.5 Å². The van der Waals surface area contributed by atoms with Crippen molar-refractivity contribution >= 4 is 5.97 Å². The number of carboxylic acid groups (broad SMARTS) is 1. The minimum atomic E-state index is -0.994. The molecule has 0 amide bonds. The first-order valence-electron chi connectivity index (χ1n) is 7.18. The molecule has 112 valence electrons. The summed E-state index contributed by atoms with van der Waals surface area (Å²) in [6.07, 6.45) is 7.00. The lowest BCUT2D eigenvalue weighted by molar-refractivity contribution is -0.896. The Morgan fingerprint density at radius 3 is 2.37 bits per heavy atom. The fourth-order valence-electron chi connectivity index (χ4n) is 2.22. The highest BCUT2D eigenvalue weighted by atomic mass is 16.4. The number of hydrogen-bond donors (Lipinski definition) is 1. The van der Waals surface area contributed by atoms with E-state index in [0.29, 0.717) is 30.4 Å². The van der Waals surface area contributed by atoms with Crippen LogP contribution >= 0.6 is 0 Å². The van der Waals surface area contributed by atoms with E-state index in [1.165, 1.54) is 0 Å². The number of carboxylic acids is 1. The molecule has 1 N–H and O–H groups in total. The first-order chi connectivity index (χ1) is 8.82. The van der Waals surface area contributed by atoms with E-state index >= 15 is 0 Å². The van der Waals surface area contributed by atoms with Crippen LogP contribution in [0.2, 0.25) is 0 Å². The van der Waals surface area contributed by atoms with Crippen LogP contribution in [0.25, 0.3) is 0 Å². The van der Waals surface area contributed by atoms with Crippen molar-refractivity contribution in [1.29, 1.82) is 0 Å². The largest absolute Gasteiger partial charge is 0.550 e. The van der Waals surface area contributed by atoms with Crippen LogP contribution in [-0.4, -0.2) is 48.8 Å². The standard InChI is InChI=1S/C15H29NO3/c1-5-7-8-9-10-14(17)12-16(3,4)11-13(6-2)15(18)19/h8-9,13-14,17H,5-7,10-12H2,1-4H3/b9-8+. The molecule has 0 fully saturated rings. The summed E-state index contributed by atoms with van der Waals surface area (Å²) in [6.45, 7) is 5.02. The van der Waals surface area contributed by atoms with Crippen molar-refractivity contribution in [3.63, 3.8) is 0 Å². The zero-order valence-corrected chi connectivity index (χ0v) is 12.8. The second-order valence-electron chi connectivity index (χ2n) is 5.87. The average molecular weight is 271 g/mol. The van der Waals surface area contributed by atoms with Gasteiger partial charge in [-0.05, 0) is 19.3 Å². The normalized spacial score (nSPS) is 15.6. The van der Waals surface area contributed by atoms with E-state index < -0.39 is 18.0 Å². The van der Waals surface area contributed by atoms with Crippen LogP contribution in [-0.2, 0) is 4.79 Å². The van der Waals surface area contributed by atoms with Gasteiger partial charge in [-0.3, -0.25) is 0 Å². The highest BCUT2D eigenvalue weighted by Crippen LogP contribution is 2.11. The topological polar surface area (TPSA) is 60.4 Å². The van der Waals surface area contributed by atoms with Crippen molar-refractivity contribution in [2.45, 2.75) is 45.6 Å². The molecule has 0 spiro atoms. The number of rotatable bonds is 10. The number of hydrogen-bond acceptors (Lipinski definition) is 3. The van der Waals surface area contributed by atoms with Gasteiger partial charge in [0.15, 0.2) is 0 Å². The molecule has 4 nitrogen and oxygen atoms in total. The molecule has 0 rings (SSSR count). The van der Waals surface area contributed by atoms with Gasteiger partial charge in [-0.15, -0.1) is 0 Å². The van der Waals surface area contributed by atoms with Gasteiger partial charge in [-0.25, -0.2) is 0 Å². The molecule has 0 aliphatic rings. The summed E-state index contributed by atoms with van der Waals surface area (Å²) in [5, 5.41) is 20.9. The second kappa shape index (κ2) is 9.10. The van der Waals surface area contributed by atoms with E-state index in [-0.39, 0.29) is 0 Å². The SMILES string of the molecule is CCC/C=C/CC(O)C[N+](C)(C)CC(CC)C(=O)[O-]. The number of likely N-dealkylation sites (N-methyl/N-ethyl adjacent to an activating group) is 1. The first-order valence-corrected chi connectivity index (χ1v) is 7.18. The molecule has 0 heterocycles. The van der Waals surface area contributed by atoms with Crippen molar-refractivity contribution in [3.8, 4) is 0 Å². The molecule has 0 aromatic carbocycles. The molecule has 2 atom stereocenters. The summed E-state index contributed by atoms with van der Waals surface area (Å²) in [6, 6.07) is 0. The first kappa shape index (κ1) is 18.1. The van der Waals surface area contributed by atoms with E-state index in [0.717, 1.165) is 12.8 Å². The number of carbonyl (C=O) groups is 1. The van der Waals surface area contributed by atoms with Crippen molar-refractivity contribution in [2.24, 2.45) is 5.92 Å². The number of aliphatic hydroxyl groups excluding tert-OH is 1. The van der Waals surface area contributed by atoms with Gasteiger partial charge in [0, 0.05) is 5.92 Å². The lowest BCUT2D eigenvalue weighted by Gasteiger charge is -2.35. The lowest BCUT2D eigenvalue weighted by Crippen LogP contribution is -2.51. The molecule has 0 aliphatic carbocycles. The fraction of sp³-hybridized carbons (Fsp3) is 0.800. The molecule has 0 radical (unpaired) electrons. The van der Waals surface area contributed by atoms with Gasteiger partial charge in [0.25, 0.3) is 0 Å². The minimum absolute atomic E-state index is 0.428. The van der Waals surface area contributed by atoms with Crippen LogP contribution in [0.5, 0.6) is 0 Å². The maximum Gasteiger partial charge on any atom is 0.106 e. The Labute approximate surface area is 117 Å². The zero-order valence-electron chi connectivity index (χ0n) is 12.8. The Hall–Kier alpha value is -0.870. The Kier molecular flexibility index (Phi) is 8.68. The summed E-state index contributed by atoms with van der Waals surface area (Å²) in [5.74, 6) is -1.44. The van der Waals surface area contributed by atoms with Gasteiger partial charge in [0.2, 0.25) is 0 Å². The molecular weight excluding hydrogens is 242 g/mol. The zero-order chi connectivity index (χ0) is 14.9. The molecule has 0 aliphatic heterocycles. The van der Waals surface area contributed by atoms with Gasteiger partial charge in [0.1, 0.15) is 12.6 Å². The average Bonchev–Trinajstić information content (AvgIpc) is 2.30. The van der Waals surface area contributed by atoms with Gasteiger partial charge >= 0.3 is 0 Å². The summed E-state index contributed by atoms with van der Waals surface area (Å²) < 4.78 is 0.495. The van der Waals surface area contributed by atoms with Crippen LogP contribution < -0.4 is 5.11 Å². The molecule has 4 heteroatoms. The molecule has 0 aromatic rings. The van der Waals surface area contributed by atoms with E-state index in [1.807, 2.05) is 27.1 Å². The Bertz CT molecular complexity index is 287. The van der Waals surface area contributed by atoms with Crippen molar-refractivity contribution in [3.05, 3.63) is 12.2 Å². The predicted octanol–water partition coefficient (Wildman–Crippen LogP) is 0.946. The van der Waals surface area contributed by atoms with Crippen LogP contribution in [0.4, 0.5) is 0 Å². The van der Waals surface area contributed by atoms with E-state index in [1.54, 1.807) is 0 Å². The van der Waals surface area contributed by atoms with Crippen LogP contribution in [0.15, 0.2) is 12.2 Å². The molecule has 0 aromatic heterocycles. The Morgan fingerprint density at radius 2 is 1.89 bits per heavy atom. The molecule has 19 heavy (non-hydrogen) atoms. The summed E-state index contributed by atoms with van der Waals surface area (Å²) >= 11 is 0. The number of unbranched alkanes of at least 4 members (excludes halogenated alkanes) is 1. The van der Waals surface area contributed by atoms with Crippen LogP contribution in [0.3, 0.4) is 0 Å². The van der Waals surface area contributed by atoms with Gasteiger partial charge in [-0.2, -0.15) is 0 Å². The van der Waals surface area contributed by atoms with Gasteiger partial charge in [-0.1, -0.05) is 32.4 Å². The maximum atomic E-state index is 10.9. The van der Waals surface area contributed by atoms with Gasteiger partial charge in [0.05, 0.1) is 26.6 Å². The maximum absolute atomic E-state index is 10.9. The molecule has 2 unspecified atom stereocenters. The quantitative estimate of drug-likeness (QED) is 0.475. The van der Waals surface area contributed by atoms with Crippen molar-refractivity contribution in [1.82, 2.24) is 0 Å². The number of aliphatic hydroxyl groups is 1. The third-order valence-electron chi connectivity index (χ3n) is 3.28. The number of carbonyl (C=O) groups excluding carboxylic acids is 1. The second-order valence-corrected chi connectivity index (χ2v) is 5.87. The summed E-state index contributed by atoms with van der Waals surface area (Å²) in [5.41, 5.74) is 0.